The fourth-order valence-corrected chi connectivity index (χ4v) is 7.88. The van der Waals surface area contributed by atoms with Crippen LogP contribution in [0.1, 0.15) is 89.6 Å². The maximum absolute atomic E-state index is 14.6. The van der Waals surface area contributed by atoms with Crippen LogP contribution >= 0.6 is 0 Å². The van der Waals surface area contributed by atoms with Crippen LogP contribution in [0.15, 0.2) is 35.4 Å². The molecule has 1 saturated heterocycles. The van der Waals surface area contributed by atoms with Crippen LogP contribution in [-0.4, -0.2) is 64.6 Å². The number of nitrogens with zero attached hydrogens (tertiary/aromatic N) is 1. The van der Waals surface area contributed by atoms with Gasteiger partial charge in [0.1, 0.15) is 28.4 Å². The lowest BCUT2D eigenvalue weighted by Gasteiger charge is -2.59. The molecule has 7 nitrogen and oxygen atoms in total. The van der Waals surface area contributed by atoms with E-state index >= 15 is 0 Å². The van der Waals surface area contributed by atoms with Gasteiger partial charge in [-0.2, -0.15) is 0 Å². The summed E-state index contributed by atoms with van der Waals surface area (Å²) in [6.07, 6.45) is 12.5. The summed E-state index contributed by atoms with van der Waals surface area (Å²) in [6, 6.07) is 1.51. The van der Waals surface area contributed by atoms with Crippen LogP contribution in [0.5, 0.6) is 17.2 Å². The van der Waals surface area contributed by atoms with Gasteiger partial charge < -0.3 is 24.2 Å². The highest BCUT2D eigenvalue weighted by molar-refractivity contribution is 6.18. The van der Waals surface area contributed by atoms with E-state index in [1.54, 1.807) is 0 Å². The van der Waals surface area contributed by atoms with Crippen molar-refractivity contribution in [3.63, 3.8) is 0 Å². The first kappa shape index (κ1) is 29.2. The molecule has 3 aliphatic heterocycles. The maximum Gasteiger partial charge on any atom is 0.200 e. The minimum Gasteiger partial charge on any atom is -0.507 e. The molecule has 4 bridgehead atoms. The highest BCUT2D eigenvalue weighted by Gasteiger charge is 2.79. The molecule has 7 rings (SSSR count). The molecule has 3 heterocycles. The van der Waals surface area contributed by atoms with E-state index in [4.69, 9.17) is 14.2 Å². The quantitative estimate of drug-likeness (QED) is 0.328. The predicted molar refractivity (Wildman–Crippen MR) is 162 cm³/mol. The summed E-state index contributed by atoms with van der Waals surface area (Å²) in [5.74, 6) is -0.359. The van der Waals surface area contributed by atoms with Gasteiger partial charge in [0, 0.05) is 36.4 Å². The molecule has 0 aromatic heterocycles. The molecule has 2 fully saturated rings. The van der Waals surface area contributed by atoms with Gasteiger partial charge in [-0.25, -0.2) is 0 Å². The Bertz CT molecular complexity index is 1390. The lowest BCUT2D eigenvalue weighted by molar-refractivity contribution is -0.171. The third-order valence-electron chi connectivity index (χ3n) is 10.00. The zero-order chi connectivity index (χ0) is 30.0. The second-order valence-electron chi connectivity index (χ2n) is 13.6. The number of ketones is 2. The van der Waals surface area contributed by atoms with Gasteiger partial charge in [-0.1, -0.05) is 44.4 Å². The summed E-state index contributed by atoms with van der Waals surface area (Å²) >= 11 is 0. The standard InChI is InChI=1S/C35H45NO6/c1-7-9-15-36(16-10-8-2)19-24-23-17-25-30(38)29-27(37)18-28-22(12-13-33(5,6)41-28)31(29)42-35(25)26(24)20-40-34(35,32(23)39)14-11-21(3)4/h11-13,17-18,23-24,26,37H,7-10,14-16,19-20H2,1-6H3/t23-,24+,26-,34?,35-/m1/s1. The number of hydrogen-bond acceptors (Lipinski definition) is 7. The van der Waals surface area contributed by atoms with Crippen molar-refractivity contribution < 1.29 is 28.9 Å². The lowest BCUT2D eigenvalue weighted by Crippen LogP contribution is -2.74. The van der Waals surface area contributed by atoms with Gasteiger partial charge in [0.25, 0.3) is 0 Å². The Balaban J connectivity index is 1.51. The monoisotopic (exact) mass is 575 g/mol. The minimum atomic E-state index is -1.30. The summed E-state index contributed by atoms with van der Waals surface area (Å²) in [4.78, 5) is 31.5. The highest BCUT2D eigenvalue weighted by Crippen LogP contribution is 2.66. The van der Waals surface area contributed by atoms with E-state index in [1.807, 2.05) is 52.0 Å². The predicted octanol–water partition coefficient (Wildman–Crippen LogP) is 6.29. The van der Waals surface area contributed by atoms with Gasteiger partial charge in [0.2, 0.25) is 0 Å². The number of rotatable bonds is 10. The van der Waals surface area contributed by atoms with E-state index in [-0.39, 0.29) is 40.5 Å². The summed E-state index contributed by atoms with van der Waals surface area (Å²) < 4.78 is 19.9. The van der Waals surface area contributed by atoms with E-state index in [2.05, 4.69) is 18.7 Å². The summed E-state index contributed by atoms with van der Waals surface area (Å²) in [5.41, 5.74) is -0.863. The molecule has 1 aromatic carbocycles. The van der Waals surface area contributed by atoms with Crippen LogP contribution in [0.2, 0.25) is 0 Å². The lowest BCUT2D eigenvalue weighted by atomic mass is 9.49. The smallest absolute Gasteiger partial charge is 0.200 e. The molecule has 1 saturated carbocycles. The molecule has 3 aliphatic carbocycles. The van der Waals surface area contributed by atoms with E-state index in [9.17, 15) is 14.7 Å². The van der Waals surface area contributed by atoms with Gasteiger partial charge in [-0.15, -0.1) is 0 Å². The Morgan fingerprint density at radius 2 is 1.83 bits per heavy atom. The third kappa shape index (κ3) is 4.14. The topological polar surface area (TPSA) is 85.3 Å². The van der Waals surface area contributed by atoms with Gasteiger partial charge in [-0.05, 0) is 71.7 Å². The average Bonchev–Trinajstić information content (AvgIpc) is 3.22. The minimum absolute atomic E-state index is 0.00614. The van der Waals surface area contributed by atoms with Gasteiger partial charge in [0.15, 0.2) is 22.8 Å². The number of fused-ring (bicyclic) bond motifs is 3. The Labute approximate surface area is 249 Å². The van der Waals surface area contributed by atoms with Crippen LogP contribution in [0.25, 0.3) is 6.08 Å². The highest BCUT2D eigenvalue weighted by atomic mass is 16.6. The van der Waals surface area contributed by atoms with E-state index in [0.29, 0.717) is 29.9 Å². The molecule has 1 spiro atoms. The number of allylic oxidation sites excluding steroid dienone is 2. The van der Waals surface area contributed by atoms with Crippen LogP contribution in [-0.2, 0) is 9.53 Å². The van der Waals surface area contributed by atoms with Crippen molar-refractivity contribution in [3.8, 4) is 17.2 Å². The van der Waals surface area contributed by atoms with Crippen LogP contribution in [0.3, 0.4) is 0 Å². The molecule has 7 heteroatoms. The molecular weight excluding hydrogens is 530 g/mol. The Hall–Kier alpha value is -2.90. The number of Topliss-reactive ketones (excluding diaryl/α,β-unsaturated/α-hetero) is 2. The summed E-state index contributed by atoms with van der Waals surface area (Å²) in [6.45, 7) is 15.4. The SMILES string of the molecule is CCCCN(CCCC)C[C@@H]1[C@H]2COC3(CC=C(C)C)C(=O)[C@@H]1C=C1C(=O)c4c(O)cc5c(c4O[C@]123)C=CC(C)(C)O5. The Morgan fingerprint density at radius 1 is 1.12 bits per heavy atom. The number of phenolic OH excluding ortho intramolecular Hbond substituents is 1. The first-order valence-electron chi connectivity index (χ1n) is 15.8. The number of unbranched alkanes of at least 4 members (excludes halogenated alkanes) is 2. The van der Waals surface area contributed by atoms with Crippen molar-refractivity contribution in [2.45, 2.75) is 90.4 Å². The zero-order valence-electron chi connectivity index (χ0n) is 25.9. The number of carbonyl (C=O) groups excluding carboxylic acids is 2. The fourth-order valence-electron chi connectivity index (χ4n) is 7.88. The number of ether oxygens (including phenoxy) is 3. The number of phenols is 1. The first-order chi connectivity index (χ1) is 20.0. The van der Waals surface area contributed by atoms with E-state index in [0.717, 1.165) is 50.9 Å². The normalized spacial score (nSPS) is 31.2. The third-order valence-corrected chi connectivity index (χ3v) is 10.00. The van der Waals surface area contributed by atoms with Crippen LogP contribution in [0.4, 0.5) is 0 Å². The second-order valence-corrected chi connectivity index (χ2v) is 13.6. The second kappa shape index (κ2) is 10.4. The molecule has 6 aliphatic rings. The van der Waals surface area contributed by atoms with Crippen molar-refractivity contribution in [1.82, 2.24) is 4.90 Å². The first-order valence-corrected chi connectivity index (χ1v) is 15.8. The number of carbonyl (C=O) groups is 2. The summed E-state index contributed by atoms with van der Waals surface area (Å²) in [5, 5.41) is 11.1. The molecule has 0 amide bonds. The summed E-state index contributed by atoms with van der Waals surface area (Å²) in [7, 11) is 0. The van der Waals surface area contributed by atoms with Gasteiger partial charge in [0.05, 0.1) is 12.2 Å². The van der Waals surface area contributed by atoms with E-state index in [1.165, 1.54) is 6.07 Å². The molecule has 42 heavy (non-hydrogen) atoms. The molecular formula is C35H45NO6. The van der Waals surface area contributed by atoms with Gasteiger partial charge >= 0.3 is 0 Å². The molecule has 1 unspecified atom stereocenters. The number of hydrogen-bond donors (Lipinski definition) is 1. The molecule has 5 atom stereocenters. The van der Waals surface area contributed by atoms with Crippen molar-refractivity contribution in [2.75, 3.05) is 26.2 Å². The largest absolute Gasteiger partial charge is 0.507 e. The van der Waals surface area contributed by atoms with Crippen LogP contribution in [0, 0.1) is 17.8 Å². The molecule has 0 radical (unpaired) electrons. The van der Waals surface area contributed by atoms with E-state index < -0.39 is 22.7 Å². The average molecular weight is 576 g/mol. The van der Waals surface area contributed by atoms with Crippen molar-refractivity contribution in [2.24, 2.45) is 17.8 Å². The van der Waals surface area contributed by atoms with Gasteiger partial charge in [-0.3, -0.25) is 9.59 Å². The fraction of sp³-hybridized carbons (Fsp3) is 0.600. The maximum atomic E-state index is 14.6. The van der Waals surface area contributed by atoms with Crippen molar-refractivity contribution in [1.29, 1.82) is 0 Å². The number of benzene rings is 1. The molecule has 1 aromatic rings. The number of aromatic hydroxyl groups is 1. The van der Waals surface area contributed by atoms with Crippen LogP contribution < -0.4 is 9.47 Å². The Kier molecular flexibility index (Phi) is 7.21. The molecule has 226 valence electrons. The Morgan fingerprint density at radius 3 is 2.50 bits per heavy atom. The van der Waals surface area contributed by atoms with Crippen molar-refractivity contribution in [3.05, 3.63) is 46.6 Å². The zero-order valence-corrected chi connectivity index (χ0v) is 25.9. The van der Waals surface area contributed by atoms with Crippen molar-refractivity contribution >= 4 is 17.6 Å². The molecule has 1 N–H and O–H groups in total.